The molecule has 0 N–H and O–H groups in total. The molecule has 7 heteroatoms. The van der Waals surface area contributed by atoms with Gasteiger partial charge in [-0.05, 0) is 54.8 Å². The van der Waals surface area contributed by atoms with Crippen LogP contribution >= 0.6 is 0 Å². The minimum absolute atomic E-state index is 0.000435. The first kappa shape index (κ1) is 24.7. The number of cyclic esters (lactones) is 1. The summed E-state index contributed by atoms with van der Waals surface area (Å²) in [6.07, 6.45) is 7.82. The van der Waals surface area contributed by atoms with Crippen molar-refractivity contribution in [3.8, 4) is 0 Å². The number of hydrogen-bond donors (Lipinski definition) is 0. The summed E-state index contributed by atoms with van der Waals surface area (Å²) >= 11 is 0. The number of ether oxygens (including phenoxy) is 1. The second-order valence-electron chi connectivity index (χ2n) is 9.65. The molecule has 0 aromatic heterocycles. The van der Waals surface area contributed by atoms with E-state index in [0.717, 1.165) is 19.3 Å². The molecule has 0 saturated heterocycles. The number of nitrogens with zero attached hydrogens (tertiary/aromatic N) is 3. The number of carbonyl (C=O) groups is 1. The lowest BCUT2D eigenvalue weighted by molar-refractivity contribution is -0.151. The molecular weight excluding hydrogens is 370 g/mol. The molecule has 0 radical (unpaired) electrons. The van der Waals surface area contributed by atoms with Gasteiger partial charge in [-0.15, -0.1) is 0 Å². The van der Waals surface area contributed by atoms with E-state index < -0.39 is 8.32 Å². The van der Waals surface area contributed by atoms with Crippen molar-refractivity contribution in [1.82, 2.24) is 0 Å². The van der Waals surface area contributed by atoms with Gasteiger partial charge in [-0.25, -0.2) is 0 Å². The third kappa shape index (κ3) is 7.98. The molecule has 0 fully saturated rings. The van der Waals surface area contributed by atoms with Gasteiger partial charge in [0.15, 0.2) is 8.32 Å². The number of allylic oxidation sites excluding steroid dienone is 1. The third-order valence-electron chi connectivity index (χ3n) is 6.15. The topological polar surface area (TPSA) is 84.3 Å². The Bertz CT molecular complexity index is 580. The molecule has 0 bridgehead atoms. The highest BCUT2D eigenvalue weighted by molar-refractivity contribution is 6.74. The van der Waals surface area contributed by atoms with Crippen molar-refractivity contribution in [2.75, 3.05) is 6.54 Å². The molecule has 1 aliphatic rings. The summed E-state index contributed by atoms with van der Waals surface area (Å²) in [4.78, 5) is 15.2. The Morgan fingerprint density at radius 3 is 2.61 bits per heavy atom. The average molecular weight is 410 g/mol. The van der Waals surface area contributed by atoms with Gasteiger partial charge >= 0.3 is 5.97 Å². The summed E-state index contributed by atoms with van der Waals surface area (Å²) in [6, 6.07) is 0. The molecule has 0 aromatic rings. The van der Waals surface area contributed by atoms with E-state index in [4.69, 9.17) is 14.7 Å². The fourth-order valence-electron chi connectivity index (χ4n) is 3.06. The second-order valence-corrected chi connectivity index (χ2v) is 14.4. The Labute approximate surface area is 171 Å². The van der Waals surface area contributed by atoms with Gasteiger partial charge in [-0.1, -0.05) is 51.9 Å². The van der Waals surface area contributed by atoms with Gasteiger partial charge in [0.2, 0.25) is 0 Å². The van der Waals surface area contributed by atoms with Crippen LogP contribution in [0.5, 0.6) is 0 Å². The molecule has 160 valence electrons. The summed E-state index contributed by atoms with van der Waals surface area (Å²) < 4.78 is 12.4. The van der Waals surface area contributed by atoms with E-state index in [-0.39, 0.29) is 29.1 Å². The first-order chi connectivity index (χ1) is 13.0. The highest BCUT2D eigenvalue weighted by Crippen LogP contribution is 2.39. The van der Waals surface area contributed by atoms with Crippen LogP contribution in [0.3, 0.4) is 0 Å². The SMILES string of the molecule is C[C@H]1C/C=C/C[C@H]([C@@H](C)CN=[N+]=[N-])OC(=O)CCC[C@@H]1O[Si](C)(C)C(C)(C)C. The molecule has 28 heavy (non-hydrogen) atoms. The molecule has 1 heterocycles. The van der Waals surface area contributed by atoms with E-state index >= 15 is 0 Å². The first-order valence-corrected chi connectivity index (χ1v) is 13.4. The normalized spacial score (nSPS) is 27.5. The summed E-state index contributed by atoms with van der Waals surface area (Å²) in [5.74, 6) is 0.227. The number of carbonyl (C=O) groups excluding carboxylic acids is 1. The molecular formula is C21H39N3O3Si. The van der Waals surface area contributed by atoms with Crippen LogP contribution < -0.4 is 0 Å². The summed E-state index contributed by atoms with van der Waals surface area (Å²) in [7, 11) is -1.86. The zero-order valence-electron chi connectivity index (χ0n) is 18.8. The number of azide groups is 1. The molecule has 0 aliphatic carbocycles. The molecule has 0 unspecified atom stereocenters. The smallest absolute Gasteiger partial charge is 0.306 e. The summed E-state index contributed by atoms with van der Waals surface area (Å²) in [5, 5.41) is 3.80. The third-order valence-corrected chi connectivity index (χ3v) is 10.7. The average Bonchev–Trinajstić information content (AvgIpc) is 2.59. The van der Waals surface area contributed by atoms with Crippen LogP contribution in [0.1, 0.15) is 66.7 Å². The van der Waals surface area contributed by atoms with Crippen LogP contribution in [0.15, 0.2) is 17.3 Å². The second kappa shape index (κ2) is 11.0. The van der Waals surface area contributed by atoms with E-state index in [9.17, 15) is 4.79 Å². The Morgan fingerprint density at radius 1 is 1.36 bits per heavy atom. The Hall–Kier alpha value is -1.30. The molecule has 0 saturated carbocycles. The van der Waals surface area contributed by atoms with E-state index in [1.54, 1.807) is 0 Å². The standard InChI is InChI=1S/C21H39N3O3Si/c1-16-11-8-9-12-18(17(2)15-23-24-22)26-20(25)14-10-13-19(16)27-28(6,7)21(3,4)5/h8-9,16-19H,10-15H2,1-7H3/b9-8+/t16-,17-,18+,19-/m0/s1. The molecule has 0 spiro atoms. The lowest BCUT2D eigenvalue weighted by atomic mass is 9.95. The molecule has 4 atom stereocenters. The van der Waals surface area contributed by atoms with Crippen molar-refractivity contribution in [2.45, 2.75) is 97.1 Å². The van der Waals surface area contributed by atoms with Crippen LogP contribution in [0, 0.1) is 11.8 Å². The lowest BCUT2D eigenvalue weighted by Gasteiger charge is -2.41. The zero-order valence-corrected chi connectivity index (χ0v) is 19.8. The zero-order chi connectivity index (χ0) is 21.4. The van der Waals surface area contributed by atoms with Gasteiger partial charge in [0.1, 0.15) is 6.10 Å². The van der Waals surface area contributed by atoms with E-state index in [0.29, 0.717) is 25.3 Å². The van der Waals surface area contributed by atoms with Crippen molar-refractivity contribution in [3.63, 3.8) is 0 Å². The van der Waals surface area contributed by atoms with Crippen LogP contribution in [0.4, 0.5) is 0 Å². The Balaban J connectivity index is 2.87. The van der Waals surface area contributed by atoms with Gasteiger partial charge in [-0.2, -0.15) is 0 Å². The van der Waals surface area contributed by atoms with Gasteiger partial charge < -0.3 is 9.16 Å². The maximum Gasteiger partial charge on any atom is 0.306 e. The van der Waals surface area contributed by atoms with Gasteiger partial charge in [0.05, 0.1) is 0 Å². The van der Waals surface area contributed by atoms with Crippen LogP contribution in [0.2, 0.25) is 18.1 Å². The summed E-state index contributed by atoms with van der Waals surface area (Å²) in [6.45, 7) is 15.9. The van der Waals surface area contributed by atoms with Gasteiger partial charge in [-0.3, -0.25) is 4.79 Å². The number of rotatable bonds is 5. The van der Waals surface area contributed by atoms with Gasteiger partial charge in [0.25, 0.3) is 0 Å². The maximum atomic E-state index is 12.3. The fourth-order valence-corrected chi connectivity index (χ4v) is 4.52. The predicted octanol–water partition coefficient (Wildman–Crippen LogP) is 6.39. The highest BCUT2D eigenvalue weighted by Gasteiger charge is 2.40. The Morgan fingerprint density at radius 2 is 2.00 bits per heavy atom. The van der Waals surface area contributed by atoms with E-state index in [1.165, 1.54) is 0 Å². The molecule has 0 amide bonds. The molecule has 6 nitrogen and oxygen atoms in total. The monoisotopic (exact) mass is 409 g/mol. The fraction of sp³-hybridized carbons (Fsp3) is 0.857. The number of esters is 1. The largest absolute Gasteiger partial charge is 0.462 e. The number of hydrogen-bond acceptors (Lipinski definition) is 4. The highest BCUT2D eigenvalue weighted by atomic mass is 28.4. The predicted molar refractivity (Wildman–Crippen MR) is 117 cm³/mol. The quantitative estimate of drug-likeness (QED) is 0.132. The Kier molecular flexibility index (Phi) is 9.74. The van der Waals surface area contributed by atoms with Crippen molar-refractivity contribution in [2.24, 2.45) is 17.0 Å². The molecule has 0 aromatic carbocycles. The van der Waals surface area contributed by atoms with Crippen molar-refractivity contribution >= 4 is 14.3 Å². The van der Waals surface area contributed by atoms with E-state index in [2.05, 4.69) is 63.0 Å². The molecule has 1 aliphatic heterocycles. The van der Waals surface area contributed by atoms with E-state index in [1.807, 2.05) is 6.92 Å². The maximum absolute atomic E-state index is 12.3. The van der Waals surface area contributed by atoms with Crippen molar-refractivity contribution in [3.05, 3.63) is 22.6 Å². The lowest BCUT2D eigenvalue weighted by Crippen LogP contribution is -2.45. The van der Waals surface area contributed by atoms with Crippen molar-refractivity contribution < 1.29 is 14.0 Å². The molecule has 1 rings (SSSR count). The van der Waals surface area contributed by atoms with Crippen LogP contribution in [-0.2, 0) is 14.0 Å². The van der Waals surface area contributed by atoms with Gasteiger partial charge in [0, 0.05) is 30.4 Å². The first-order valence-electron chi connectivity index (χ1n) is 10.5. The van der Waals surface area contributed by atoms with Crippen LogP contribution in [0.25, 0.3) is 10.4 Å². The minimum Gasteiger partial charge on any atom is -0.462 e. The van der Waals surface area contributed by atoms with Crippen LogP contribution in [-0.4, -0.2) is 33.0 Å². The summed E-state index contributed by atoms with van der Waals surface area (Å²) in [5.41, 5.74) is 8.53. The minimum atomic E-state index is -1.86. The van der Waals surface area contributed by atoms with Crippen molar-refractivity contribution in [1.29, 1.82) is 0 Å².